The Kier molecular flexibility index (Phi) is 2.21. The molecule has 6 aromatic rings. The molecule has 0 amide bonds. The first-order valence-electron chi connectivity index (χ1n) is 8.17. The molecule has 0 bridgehead atoms. The fourth-order valence-electron chi connectivity index (χ4n) is 4.02. The van der Waals surface area contributed by atoms with Gasteiger partial charge in [0, 0.05) is 21.5 Å². The van der Waals surface area contributed by atoms with Gasteiger partial charge in [-0.05, 0) is 10.8 Å². The lowest BCUT2D eigenvalue weighted by molar-refractivity contribution is 1.05. The van der Waals surface area contributed by atoms with Gasteiger partial charge >= 0.3 is 5.69 Å². The van der Waals surface area contributed by atoms with Gasteiger partial charge in [-0.15, -0.1) is 0 Å². The van der Waals surface area contributed by atoms with Gasteiger partial charge in [0.1, 0.15) is 0 Å². The second-order valence-corrected chi connectivity index (χ2v) is 6.28. The first-order chi connectivity index (χ1) is 12.3. The maximum atomic E-state index is 12.2. The minimum Gasteiger partial charge on any atom is -0.276 e. The second-order valence-electron chi connectivity index (χ2n) is 6.28. The minimum absolute atomic E-state index is 0.450. The van der Waals surface area contributed by atoms with Crippen LogP contribution in [-0.2, 0) is 0 Å². The summed E-state index contributed by atoms with van der Waals surface area (Å²) in [6.07, 6.45) is 0. The van der Waals surface area contributed by atoms with Gasteiger partial charge in [-0.1, -0.05) is 66.7 Å². The predicted molar refractivity (Wildman–Crippen MR) is 100 cm³/mol. The van der Waals surface area contributed by atoms with Crippen molar-refractivity contribution in [2.45, 2.75) is 0 Å². The molecule has 6 rings (SSSR count). The van der Waals surface area contributed by atoms with Crippen LogP contribution in [0.3, 0.4) is 0 Å². The number of hydrogen-bond donors (Lipinski definition) is 0. The van der Waals surface area contributed by atoms with Gasteiger partial charge in [0.25, 0.3) is 0 Å². The molecule has 0 N–H and O–H groups in total. The van der Waals surface area contributed by atoms with Crippen molar-refractivity contribution in [2.75, 3.05) is 0 Å². The Balaban J connectivity index is 2.18. The Bertz CT molecular complexity index is 1410. The third-order valence-corrected chi connectivity index (χ3v) is 5.00. The zero-order valence-electron chi connectivity index (χ0n) is 13.1. The molecule has 0 atom stereocenters. The van der Waals surface area contributed by atoms with Gasteiger partial charge in [-0.2, -0.15) is 9.97 Å². The van der Waals surface area contributed by atoms with E-state index in [1.807, 2.05) is 40.8 Å². The van der Waals surface area contributed by atoms with Gasteiger partial charge in [0.2, 0.25) is 0 Å². The third-order valence-electron chi connectivity index (χ3n) is 5.00. The van der Waals surface area contributed by atoms with E-state index in [2.05, 4.69) is 40.3 Å². The van der Waals surface area contributed by atoms with E-state index in [0.717, 1.165) is 37.8 Å². The van der Waals surface area contributed by atoms with E-state index in [9.17, 15) is 4.79 Å². The monoisotopic (exact) mass is 321 g/mol. The summed E-state index contributed by atoms with van der Waals surface area (Å²) in [7, 11) is 0. The number of aromatic nitrogens is 3. The molecular weight excluding hydrogens is 310 g/mol. The van der Waals surface area contributed by atoms with Crippen molar-refractivity contribution < 1.29 is 0 Å². The van der Waals surface area contributed by atoms with Crippen molar-refractivity contribution in [1.29, 1.82) is 0 Å². The fourth-order valence-corrected chi connectivity index (χ4v) is 4.02. The van der Waals surface area contributed by atoms with E-state index in [1.54, 1.807) is 0 Å². The number of rotatable bonds is 0. The lowest BCUT2D eigenvalue weighted by Crippen LogP contribution is -2.15. The number of fused-ring (bicyclic) bond motifs is 6. The maximum absolute atomic E-state index is 12.2. The van der Waals surface area contributed by atoms with Gasteiger partial charge in [0.05, 0.1) is 5.52 Å². The summed E-state index contributed by atoms with van der Waals surface area (Å²) in [6, 6.07) is 22.5. The molecule has 3 aromatic heterocycles. The Hall–Kier alpha value is -3.53. The van der Waals surface area contributed by atoms with Crippen LogP contribution in [0.4, 0.5) is 0 Å². The molecule has 116 valence electrons. The first-order valence-corrected chi connectivity index (χ1v) is 8.17. The molecule has 3 aromatic carbocycles. The smallest absolute Gasteiger partial charge is 0.276 e. The van der Waals surface area contributed by atoms with Crippen molar-refractivity contribution >= 4 is 49.1 Å². The van der Waals surface area contributed by atoms with E-state index < -0.39 is 5.69 Å². The molecule has 4 heteroatoms. The molecule has 4 nitrogen and oxygen atoms in total. The van der Waals surface area contributed by atoms with Crippen LogP contribution in [0.15, 0.2) is 71.5 Å². The SMILES string of the molecule is O=c1nc2c3ccccc3c3cccc4c5ccccc5c(n1)n2c34. The summed E-state index contributed by atoms with van der Waals surface area (Å²) in [5.41, 5.74) is 1.94. The predicted octanol–water partition coefficient (Wildman–Crippen LogP) is 4.14. The summed E-state index contributed by atoms with van der Waals surface area (Å²) < 4.78 is 2.04. The molecule has 25 heavy (non-hydrogen) atoms. The van der Waals surface area contributed by atoms with Crippen LogP contribution in [0.1, 0.15) is 0 Å². The highest BCUT2D eigenvalue weighted by Crippen LogP contribution is 2.36. The molecule has 3 heterocycles. The molecule has 0 radical (unpaired) electrons. The zero-order valence-corrected chi connectivity index (χ0v) is 13.1. The van der Waals surface area contributed by atoms with Crippen molar-refractivity contribution in [3.63, 3.8) is 0 Å². The molecule has 0 spiro atoms. The maximum Gasteiger partial charge on any atom is 0.371 e. The summed E-state index contributed by atoms with van der Waals surface area (Å²) >= 11 is 0. The van der Waals surface area contributed by atoms with Crippen molar-refractivity contribution in [3.8, 4) is 0 Å². The Morgan fingerprint density at radius 3 is 1.52 bits per heavy atom. The zero-order chi connectivity index (χ0) is 16.5. The molecule has 0 saturated heterocycles. The lowest BCUT2D eigenvalue weighted by Gasteiger charge is -2.17. The molecule has 0 aliphatic carbocycles. The van der Waals surface area contributed by atoms with Crippen molar-refractivity contribution in [1.82, 2.24) is 14.4 Å². The average molecular weight is 321 g/mol. The quantitative estimate of drug-likeness (QED) is 0.312. The van der Waals surface area contributed by atoms with Gasteiger partial charge in [0.15, 0.2) is 11.3 Å². The lowest BCUT2D eigenvalue weighted by atomic mass is 9.99. The highest BCUT2D eigenvalue weighted by molar-refractivity contribution is 6.23. The van der Waals surface area contributed by atoms with Crippen molar-refractivity contribution in [2.24, 2.45) is 0 Å². The van der Waals surface area contributed by atoms with Crippen molar-refractivity contribution in [3.05, 3.63) is 77.2 Å². The van der Waals surface area contributed by atoms with E-state index in [1.165, 1.54) is 0 Å². The molecule has 0 aliphatic heterocycles. The molecular formula is C21H11N3O. The Morgan fingerprint density at radius 2 is 1.00 bits per heavy atom. The van der Waals surface area contributed by atoms with E-state index >= 15 is 0 Å². The number of hydrogen-bond acceptors (Lipinski definition) is 3. The summed E-state index contributed by atoms with van der Waals surface area (Å²) in [4.78, 5) is 20.8. The van der Waals surface area contributed by atoms with Crippen LogP contribution < -0.4 is 5.69 Å². The van der Waals surface area contributed by atoms with Crippen LogP contribution in [-0.4, -0.2) is 14.4 Å². The summed E-state index contributed by atoms with van der Waals surface area (Å²) in [5.74, 6) is 0. The highest BCUT2D eigenvalue weighted by atomic mass is 16.1. The highest BCUT2D eigenvalue weighted by Gasteiger charge is 2.17. The largest absolute Gasteiger partial charge is 0.371 e. The minimum atomic E-state index is -0.450. The van der Waals surface area contributed by atoms with E-state index in [-0.39, 0.29) is 0 Å². The second kappa shape index (κ2) is 4.30. The van der Waals surface area contributed by atoms with E-state index in [4.69, 9.17) is 0 Å². The molecule has 0 saturated carbocycles. The third kappa shape index (κ3) is 1.49. The first kappa shape index (κ1) is 12.8. The number of benzene rings is 3. The topological polar surface area (TPSA) is 47.3 Å². The van der Waals surface area contributed by atoms with Gasteiger partial charge in [-0.3, -0.25) is 4.40 Å². The van der Waals surface area contributed by atoms with Crippen LogP contribution in [0.2, 0.25) is 0 Å². The van der Waals surface area contributed by atoms with Gasteiger partial charge in [-0.25, -0.2) is 4.79 Å². The van der Waals surface area contributed by atoms with Crippen LogP contribution in [0.5, 0.6) is 0 Å². The van der Waals surface area contributed by atoms with Crippen LogP contribution >= 0.6 is 0 Å². The summed E-state index contributed by atoms with van der Waals surface area (Å²) in [5, 5.41) is 6.41. The van der Waals surface area contributed by atoms with Crippen LogP contribution in [0, 0.1) is 0 Å². The number of para-hydroxylation sites is 1. The number of nitrogens with zero attached hydrogens (tertiary/aromatic N) is 3. The standard InChI is InChI=1S/C21H11N3O/c25-21-22-19-16-8-3-1-6-12(16)14-10-5-11-15-13-7-2-4-9-17(13)20(23-21)24(19)18(14)15/h1-11H. The Labute approximate surface area is 141 Å². The normalized spacial score (nSPS) is 12.2. The van der Waals surface area contributed by atoms with E-state index in [0.29, 0.717) is 11.3 Å². The molecule has 0 fully saturated rings. The average Bonchev–Trinajstić information content (AvgIpc) is 2.67. The number of pyridine rings is 2. The fraction of sp³-hybridized carbons (Fsp3) is 0. The van der Waals surface area contributed by atoms with Gasteiger partial charge < -0.3 is 0 Å². The summed E-state index contributed by atoms with van der Waals surface area (Å²) in [6.45, 7) is 0. The molecule has 0 unspecified atom stereocenters. The molecule has 0 aliphatic rings. The van der Waals surface area contributed by atoms with Crippen LogP contribution in [0.25, 0.3) is 49.1 Å². The Morgan fingerprint density at radius 1 is 0.560 bits per heavy atom.